The van der Waals surface area contributed by atoms with Gasteiger partial charge in [-0.25, -0.2) is 8.78 Å². The zero-order valence-electron chi connectivity index (χ0n) is 15.9. The number of amides is 1. The van der Waals surface area contributed by atoms with Crippen LogP contribution < -0.4 is 5.32 Å². The first-order valence-electron chi connectivity index (χ1n) is 8.99. The monoisotopic (exact) mass is 381 g/mol. The number of esters is 1. The average molecular weight is 381 g/mol. The second-order valence-corrected chi connectivity index (χ2v) is 8.09. The molecule has 0 atom stereocenters. The SMILES string of the molecule is CC(C)(C)NC(=O)CC1(C(=O)OCC(=O)c2ccc(F)c(F)c2)CCCC1. The van der Waals surface area contributed by atoms with Gasteiger partial charge in [0.05, 0.1) is 5.41 Å². The molecule has 1 fully saturated rings. The molecular weight excluding hydrogens is 356 g/mol. The maximum Gasteiger partial charge on any atom is 0.313 e. The lowest BCUT2D eigenvalue weighted by Crippen LogP contribution is -2.44. The van der Waals surface area contributed by atoms with E-state index in [4.69, 9.17) is 4.74 Å². The summed E-state index contributed by atoms with van der Waals surface area (Å²) in [5, 5.41) is 2.84. The highest BCUT2D eigenvalue weighted by molar-refractivity contribution is 5.98. The van der Waals surface area contributed by atoms with Gasteiger partial charge in [0.2, 0.25) is 5.91 Å². The lowest BCUT2D eigenvalue weighted by Gasteiger charge is -2.28. The predicted molar refractivity (Wildman–Crippen MR) is 95.1 cm³/mol. The van der Waals surface area contributed by atoms with Crippen LogP contribution >= 0.6 is 0 Å². The van der Waals surface area contributed by atoms with Crippen molar-refractivity contribution in [2.24, 2.45) is 5.41 Å². The second-order valence-electron chi connectivity index (χ2n) is 8.09. The fourth-order valence-corrected chi connectivity index (χ4v) is 3.31. The molecule has 1 aromatic rings. The number of benzene rings is 1. The number of Topliss-reactive ketones (excluding diaryl/α,β-unsaturated/α-hetero) is 1. The molecule has 1 amide bonds. The molecule has 5 nitrogen and oxygen atoms in total. The zero-order valence-corrected chi connectivity index (χ0v) is 15.9. The van der Waals surface area contributed by atoms with Crippen LogP contribution in [0.1, 0.15) is 63.2 Å². The van der Waals surface area contributed by atoms with Crippen molar-refractivity contribution in [1.29, 1.82) is 0 Å². The Kier molecular flexibility index (Phi) is 6.34. The number of ketones is 1. The normalized spacial score (nSPS) is 16.0. The Morgan fingerprint density at radius 3 is 2.30 bits per heavy atom. The molecule has 1 aliphatic rings. The van der Waals surface area contributed by atoms with Gasteiger partial charge in [0, 0.05) is 17.5 Å². The highest BCUT2D eigenvalue weighted by atomic mass is 19.2. The zero-order chi connectivity index (χ0) is 20.2. The summed E-state index contributed by atoms with van der Waals surface area (Å²) in [4.78, 5) is 37.0. The number of carbonyl (C=O) groups excluding carboxylic acids is 3. The van der Waals surface area contributed by atoms with Crippen molar-refractivity contribution in [3.63, 3.8) is 0 Å². The van der Waals surface area contributed by atoms with Gasteiger partial charge >= 0.3 is 5.97 Å². The Morgan fingerprint density at radius 2 is 1.74 bits per heavy atom. The highest BCUT2D eigenvalue weighted by Crippen LogP contribution is 2.42. The van der Waals surface area contributed by atoms with Crippen LogP contribution in [0.3, 0.4) is 0 Å². The van der Waals surface area contributed by atoms with Crippen molar-refractivity contribution >= 4 is 17.7 Å². The number of nitrogens with one attached hydrogen (secondary N) is 1. The molecule has 0 aromatic heterocycles. The summed E-state index contributed by atoms with van der Waals surface area (Å²) in [5.41, 5.74) is -1.43. The quantitative estimate of drug-likeness (QED) is 0.604. The van der Waals surface area contributed by atoms with E-state index >= 15 is 0 Å². The maximum absolute atomic E-state index is 13.2. The second kappa shape index (κ2) is 8.15. The standard InChI is InChI=1S/C20H25F2NO4/c1-19(2,3)23-17(25)11-20(8-4-5-9-20)18(26)27-12-16(24)13-6-7-14(21)15(22)10-13/h6-7,10H,4-5,8-9,11-12H2,1-3H3,(H,23,25). The minimum Gasteiger partial charge on any atom is -0.457 e. The lowest BCUT2D eigenvalue weighted by atomic mass is 9.82. The van der Waals surface area contributed by atoms with Crippen molar-refractivity contribution < 1.29 is 27.9 Å². The molecule has 0 spiro atoms. The van der Waals surface area contributed by atoms with Crippen LogP contribution in [-0.2, 0) is 14.3 Å². The summed E-state index contributed by atoms with van der Waals surface area (Å²) in [6.45, 7) is 4.98. The molecule has 1 saturated carbocycles. The predicted octanol–water partition coefficient (Wildman–Crippen LogP) is 3.56. The Balaban J connectivity index is 2.01. The number of carbonyl (C=O) groups is 3. The van der Waals surface area contributed by atoms with Gasteiger partial charge in [-0.2, -0.15) is 0 Å². The van der Waals surface area contributed by atoms with Gasteiger partial charge in [-0.3, -0.25) is 14.4 Å². The Bertz CT molecular complexity index is 734. The van der Waals surface area contributed by atoms with Crippen molar-refractivity contribution in [2.75, 3.05) is 6.61 Å². The van der Waals surface area contributed by atoms with Crippen LogP contribution in [0.2, 0.25) is 0 Å². The summed E-state index contributed by atoms with van der Waals surface area (Å²) in [7, 11) is 0. The third kappa shape index (κ3) is 5.58. The minimum absolute atomic E-state index is 0.00245. The molecule has 0 radical (unpaired) electrons. The number of hydrogen-bond donors (Lipinski definition) is 1. The van der Waals surface area contributed by atoms with Crippen molar-refractivity contribution in [1.82, 2.24) is 5.32 Å². The molecule has 1 N–H and O–H groups in total. The molecule has 0 saturated heterocycles. The van der Waals surface area contributed by atoms with Crippen LogP contribution in [0, 0.1) is 17.0 Å². The maximum atomic E-state index is 13.2. The summed E-state index contributed by atoms with van der Waals surface area (Å²) in [6.07, 6.45) is 2.64. The first-order valence-corrected chi connectivity index (χ1v) is 8.99. The average Bonchev–Trinajstić information content (AvgIpc) is 3.02. The summed E-state index contributed by atoms with van der Waals surface area (Å²) in [6, 6.07) is 2.75. The van der Waals surface area contributed by atoms with Gasteiger partial charge in [0.1, 0.15) is 0 Å². The third-order valence-electron chi connectivity index (χ3n) is 4.58. The third-order valence-corrected chi connectivity index (χ3v) is 4.58. The number of rotatable bonds is 6. The topological polar surface area (TPSA) is 72.5 Å². The van der Waals surface area contributed by atoms with Crippen molar-refractivity contribution in [3.05, 3.63) is 35.4 Å². The van der Waals surface area contributed by atoms with E-state index in [1.54, 1.807) is 0 Å². The molecular formula is C20H25F2NO4. The van der Waals surface area contributed by atoms with Gasteiger partial charge in [-0.05, 0) is 51.8 Å². The van der Waals surface area contributed by atoms with E-state index in [1.807, 2.05) is 20.8 Å². The summed E-state index contributed by atoms with van der Waals surface area (Å²) >= 11 is 0. The van der Waals surface area contributed by atoms with E-state index in [2.05, 4.69) is 5.32 Å². The molecule has 1 aromatic carbocycles. The summed E-state index contributed by atoms with van der Waals surface area (Å²) < 4.78 is 31.4. The van der Waals surface area contributed by atoms with Crippen molar-refractivity contribution in [3.8, 4) is 0 Å². The molecule has 1 aliphatic carbocycles. The molecule has 0 bridgehead atoms. The van der Waals surface area contributed by atoms with Crippen LogP contribution in [0.5, 0.6) is 0 Å². The van der Waals surface area contributed by atoms with E-state index < -0.39 is 40.9 Å². The van der Waals surface area contributed by atoms with E-state index in [0.717, 1.165) is 31.0 Å². The molecule has 0 heterocycles. The van der Waals surface area contributed by atoms with Gasteiger partial charge in [-0.15, -0.1) is 0 Å². The number of halogens is 2. The summed E-state index contributed by atoms with van der Waals surface area (Å²) in [5.74, 6) is -3.67. The van der Waals surface area contributed by atoms with Crippen LogP contribution in [0.4, 0.5) is 8.78 Å². The van der Waals surface area contributed by atoms with Gasteiger partial charge in [0.25, 0.3) is 0 Å². The van der Waals surface area contributed by atoms with Gasteiger partial charge in [0.15, 0.2) is 24.0 Å². The first-order chi connectivity index (χ1) is 12.5. The van der Waals surface area contributed by atoms with E-state index in [1.165, 1.54) is 0 Å². The van der Waals surface area contributed by atoms with E-state index in [-0.39, 0.29) is 17.9 Å². The molecule has 7 heteroatoms. The van der Waals surface area contributed by atoms with Gasteiger partial charge < -0.3 is 10.1 Å². The fourth-order valence-electron chi connectivity index (χ4n) is 3.31. The Labute approximate surface area is 157 Å². The fraction of sp³-hybridized carbons (Fsp3) is 0.550. The van der Waals surface area contributed by atoms with E-state index in [9.17, 15) is 23.2 Å². The molecule has 148 valence electrons. The van der Waals surface area contributed by atoms with Crippen LogP contribution in [-0.4, -0.2) is 29.8 Å². The molecule has 2 rings (SSSR count). The molecule has 27 heavy (non-hydrogen) atoms. The number of hydrogen-bond acceptors (Lipinski definition) is 4. The smallest absolute Gasteiger partial charge is 0.313 e. The Morgan fingerprint density at radius 1 is 1.11 bits per heavy atom. The Hall–Kier alpha value is -2.31. The molecule has 0 aliphatic heterocycles. The first kappa shape index (κ1) is 21.0. The van der Waals surface area contributed by atoms with Crippen LogP contribution in [0.25, 0.3) is 0 Å². The highest BCUT2D eigenvalue weighted by Gasteiger charge is 2.44. The number of ether oxygens (including phenoxy) is 1. The largest absolute Gasteiger partial charge is 0.457 e. The minimum atomic E-state index is -1.14. The van der Waals surface area contributed by atoms with Gasteiger partial charge in [-0.1, -0.05) is 12.8 Å². The van der Waals surface area contributed by atoms with E-state index in [0.29, 0.717) is 12.8 Å². The van der Waals surface area contributed by atoms with Crippen molar-refractivity contribution in [2.45, 2.75) is 58.4 Å². The van der Waals surface area contributed by atoms with Crippen LogP contribution in [0.15, 0.2) is 18.2 Å². The molecule has 0 unspecified atom stereocenters. The lowest BCUT2D eigenvalue weighted by molar-refractivity contribution is -0.157.